The predicted molar refractivity (Wildman–Crippen MR) is 47.0 cm³/mol. The van der Waals surface area contributed by atoms with Crippen molar-refractivity contribution in [2.24, 2.45) is 0 Å². The number of hydrogen-bond donors (Lipinski definition) is 1. The van der Waals surface area contributed by atoms with Crippen LogP contribution >= 0.6 is 0 Å². The maximum atomic E-state index is 10.9. The van der Waals surface area contributed by atoms with Gasteiger partial charge in [0.25, 0.3) is 5.56 Å². The molecule has 0 amide bonds. The van der Waals surface area contributed by atoms with Gasteiger partial charge in [0, 0.05) is 17.8 Å². The normalized spacial score (nSPS) is 10.5. The third-order valence-corrected chi connectivity index (χ3v) is 2.01. The number of hydrogen-bond acceptors (Lipinski definition) is 3. The van der Waals surface area contributed by atoms with Crippen molar-refractivity contribution in [3.8, 4) is 11.3 Å². The zero-order valence-corrected chi connectivity index (χ0v) is 7.06. The number of pyridine rings is 2. The summed E-state index contributed by atoms with van der Waals surface area (Å²) in [5.41, 5.74) is 1.80. The molecule has 0 bridgehead atoms. The van der Waals surface area contributed by atoms with Gasteiger partial charge in [0.2, 0.25) is 0 Å². The molecule has 1 N–H and O–H groups in total. The van der Waals surface area contributed by atoms with E-state index < -0.39 is 0 Å². The average molecular weight is 176 g/mol. The van der Waals surface area contributed by atoms with Crippen molar-refractivity contribution in [2.75, 3.05) is 0 Å². The summed E-state index contributed by atoms with van der Waals surface area (Å²) in [6, 6.07) is 4.64. The molecule has 0 spiro atoms. The zero-order chi connectivity index (χ0) is 9.42. The molecule has 0 fully saturated rings. The molecule has 2 aliphatic heterocycles. The summed E-state index contributed by atoms with van der Waals surface area (Å²) >= 11 is 0. The Balaban J connectivity index is 2.87. The summed E-state index contributed by atoms with van der Waals surface area (Å²) < 4.78 is 1.01. The molecule has 4 nitrogen and oxygen atoms in total. The van der Waals surface area contributed by atoms with Crippen molar-refractivity contribution in [2.45, 2.75) is 6.92 Å². The molecule has 0 aliphatic carbocycles. The minimum atomic E-state index is -0.261. The fraction of sp³-hybridized carbons (Fsp3) is 0.111. The van der Waals surface area contributed by atoms with Gasteiger partial charge in [0.15, 0.2) is 0 Å². The molecule has 0 saturated heterocycles. The van der Waals surface area contributed by atoms with Gasteiger partial charge in [-0.25, -0.2) is 4.98 Å². The second kappa shape index (κ2) is 2.58. The first-order chi connectivity index (χ1) is 6.18. The van der Waals surface area contributed by atoms with Crippen molar-refractivity contribution in [1.29, 1.82) is 0 Å². The molecule has 2 heterocycles. The van der Waals surface area contributed by atoms with Crippen LogP contribution in [-0.2, 0) is 0 Å². The van der Waals surface area contributed by atoms with E-state index in [0.717, 1.165) is 10.3 Å². The largest absolute Gasteiger partial charge is 0.429 e. The molecule has 0 atom stereocenters. The van der Waals surface area contributed by atoms with Crippen LogP contribution < -0.4 is 5.56 Å². The SMILES string of the molecule is Cc1c2ccc(=O)nc-2ccn1O. The first-order valence-electron chi connectivity index (χ1n) is 3.87. The summed E-state index contributed by atoms with van der Waals surface area (Å²) in [6.07, 6.45) is 1.46. The van der Waals surface area contributed by atoms with Gasteiger partial charge < -0.3 is 5.21 Å². The lowest BCUT2D eigenvalue weighted by molar-refractivity contribution is 0.178. The van der Waals surface area contributed by atoms with E-state index in [0.29, 0.717) is 11.4 Å². The Morgan fingerprint density at radius 2 is 2.15 bits per heavy atom. The second-order valence-corrected chi connectivity index (χ2v) is 2.83. The predicted octanol–water partition coefficient (Wildman–Crippen LogP) is 0.894. The minimum Gasteiger partial charge on any atom is -0.429 e. The molecule has 0 saturated carbocycles. The molecule has 2 aliphatic rings. The summed E-state index contributed by atoms with van der Waals surface area (Å²) in [5, 5.41) is 9.30. The van der Waals surface area contributed by atoms with Gasteiger partial charge in [-0.15, -0.1) is 0 Å². The van der Waals surface area contributed by atoms with Gasteiger partial charge in [0.05, 0.1) is 11.4 Å². The lowest BCUT2D eigenvalue weighted by Crippen LogP contribution is -2.09. The van der Waals surface area contributed by atoms with Gasteiger partial charge in [-0.2, -0.15) is 4.73 Å². The Hall–Kier alpha value is -1.84. The molecule has 0 radical (unpaired) electrons. The van der Waals surface area contributed by atoms with Gasteiger partial charge in [0.1, 0.15) is 0 Å². The lowest BCUT2D eigenvalue weighted by Gasteiger charge is -2.09. The molecule has 0 unspecified atom stereocenters. The standard InChI is InChI=1S/C9H8N2O2/c1-6-7-2-3-9(12)10-8(7)4-5-11(6)13/h2-5,13H,1H3. The summed E-state index contributed by atoms with van der Waals surface area (Å²) in [5.74, 6) is 0. The molecule has 0 aromatic rings. The highest BCUT2D eigenvalue weighted by molar-refractivity contribution is 5.62. The highest BCUT2D eigenvalue weighted by Crippen LogP contribution is 2.19. The van der Waals surface area contributed by atoms with Crippen LogP contribution in [0.25, 0.3) is 11.3 Å². The Morgan fingerprint density at radius 1 is 1.38 bits per heavy atom. The van der Waals surface area contributed by atoms with Crippen molar-refractivity contribution in [3.05, 3.63) is 40.4 Å². The fourth-order valence-corrected chi connectivity index (χ4v) is 1.27. The monoisotopic (exact) mass is 176 g/mol. The van der Waals surface area contributed by atoms with Crippen LogP contribution in [-0.4, -0.2) is 14.9 Å². The van der Waals surface area contributed by atoms with Gasteiger partial charge >= 0.3 is 0 Å². The number of fused-ring (bicyclic) bond motifs is 1. The van der Waals surface area contributed by atoms with Crippen LogP contribution in [0.1, 0.15) is 5.69 Å². The van der Waals surface area contributed by atoms with Crippen LogP contribution in [0.2, 0.25) is 0 Å². The topological polar surface area (TPSA) is 55.1 Å². The molecule has 0 aromatic carbocycles. The van der Waals surface area contributed by atoms with Gasteiger partial charge in [-0.3, -0.25) is 4.79 Å². The third kappa shape index (κ3) is 1.16. The first-order valence-corrected chi connectivity index (χ1v) is 3.87. The van der Waals surface area contributed by atoms with Crippen molar-refractivity contribution in [3.63, 3.8) is 0 Å². The minimum absolute atomic E-state index is 0.261. The van der Waals surface area contributed by atoms with Crippen LogP contribution in [0.5, 0.6) is 0 Å². The molecule has 0 aromatic heterocycles. The van der Waals surface area contributed by atoms with E-state index in [1.165, 1.54) is 12.3 Å². The number of rotatable bonds is 0. The number of aromatic nitrogens is 2. The first kappa shape index (κ1) is 7.79. The maximum absolute atomic E-state index is 10.9. The van der Waals surface area contributed by atoms with Gasteiger partial charge in [-0.1, -0.05) is 0 Å². The van der Waals surface area contributed by atoms with Crippen LogP contribution in [0.4, 0.5) is 0 Å². The summed E-state index contributed by atoms with van der Waals surface area (Å²) in [6.45, 7) is 1.76. The Kier molecular flexibility index (Phi) is 1.55. The van der Waals surface area contributed by atoms with E-state index in [1.807, 2.05) is 0 Å². The summed E-state index contributed by atoms with van der Waals surface area (Å²) in [7, 11) is 0. The van der Waals surface area contributed by atoms with Crippen LogP contribution in [0, 0.1) is 6.92 Å². The van der Waals surface area contributed by atoms with Crippen molar-refractivity contribution < 1.29 is 5.21 Å². The highest BCUT2D eigenvalue weighted by atomic mass is 16.5. The van der Waals surface area contributed by atoms with Crippen molar-refractivity contribution >= 4 is 0 Å². The van der Waals surface area contributed by atoms with E-state index >= 15 is 0 Å². The highest BCUT2D eigenvalue weighted by Gasteiger charge is 2.08. The molecular formula is C9H8N2O2. The Morgan fingerprint density at radius 3 is 2.92 bits per heavy atom. The van der Waals surface area contributed by atoms with E-state index in [-0.39, 0.29) is 5.56 Å². The Labute approximate surface area is 74.4 Å². The van der Waals surface area contributed by atoms with Crippen molar-refractivity contribution in [1.82, 2.24) is 9.71 Å². The van der Waals surface area contributed by atoms with Gasteiger partial charge in [-0.05, 0) is 19.1 Å². The third-order valence-electron chi connectivity index (χ3n) is 2.01. The van der Waals surface area contributed by atoms with Crippen LogP contribution in [0.3, 0.4) is 0 Å². The van der Waals surface area contributed by atoms with E-state index in [9.17, 15) is 10.0 Å². The lowest BCUT2D eigenvalue weighted by atomic mass is 10.1. The molecule has 2 rings (SSSR count). The van der Waals surface area contributed by atoms with Crippen LogP contribution in [0.15, 0.2) is 29.2 Å². The number of nitrogens with zero attached hydrogens (tertiary/aromatic N) is 2. The molecule has 13 heavy (non-hydrogen) atoms. The Bertz CT molecular complexity index is 476. The smallest absolute Gasteiger partial charge is 0.270 e. The average Bonchev–Trinajstić information content (AvgIpc) is 2.12. The van der Waals surface area contributed by atoms with E-state index in [2.05, 4.69) is 4.98 Å². The maximum Gasteiger partial charge on any atom is 0.270 e. The fourth-order valence-electron chi connectivity index (χ4n) is 1.27. The molecule has 66 valence electrons. The second-order valence-electron chi connectivity index (χ2n) is 2.83. The quantitative estimate of drug-likeness (QED) is 0.606. The molecular weight excluding hydrogens is 168 g/mol. The van der Waals surface area contributed by atoms with E-state index in [4.69, 9.17) is 0 Å². The summed E-state index contributed by atoms with van der Waals surface area (Å²) in [4.78, 5) is 14.7. The zero-order valence-electron chi connectivity index (χ0n) is 7.06. The molecule has 4 heteroatoms. The van der Waals surface area contributed by atoms with E-state index in [1.54, 1.807) is 19.1 Å².